The highest BCUT2D eigenvalue weighted by atomic mass is 35.5. The van der Waals surface area contributed by atoms with Crippen LogP contribution in [0.2, 0.25) is 5.02 Å². The Morgan fingerprint density at radius 2 is 1.93 bits per heavy atom. The smallest absolute Gasteiger partial charge is 0.350 e. The number of benzene rings is 1. The summed E-state index contributed by atoms with van der Waals surface area (Å²) < 4.78 is 46.0. The van der Waals surface area contributed by atoms with Gasteiger partial charge in [0.15, 0.2) is 11.5 Å². The molecule has 0 N–H and O–H groups in total. The number of amides is 1. The van der Waals surface area contributed by atoms with E-state index in [9.17, 15) is 14.0 Å². The Balaban J connectivity index is 1.87. The van der Waals surface area contributed by atoms with Crippen LogP contribution in [-0.2, 0) is 4.79 Å². The number of halogens is 3. The van der Waals surface area contributed by atoms with Crippen molar-refractivity contribution in [2.75, 3.05) is 24.5 Å². The lowest BCUT2D eigenvalue weighted by atomic mass is 9.97. The van der Waals surface area contributed by atoms with Crippen molar-refractivity contribution in [1.82, 2.24) is 24.4 Å². The SMILES string of the molecule is [2H]C([2H])=Cc1cccc(F)c1-c1nc2c(cc1Cl)c(N1CCN(C(=O)C(=C)F)C[C@@H]1C)nc(=O)n2-c1c(C(C)C)ccnc1C(C)C. The van der Waals surface area contributed by atoms with Gasteiger partial charge in [0.1, 0.15) is 11.6 Å². The van der Waals surface area contributed by atoms with Gasteiger partial charge >= 0.3 is 5.69 Å². The van der Waals surface area contributed by atoms with Crippen molar-refractivity contribution in [3.8, 4) is 16.9 Å². The van der Waals surface area contributed by atoms with Crippen molar-refractivity contribution in [3.05, 3.63) is 93.6 Å². The minimum Gasteiger partial charge on any atom is -0.350 e. The van der Waals surface area contributed by atoms with Crippen LogP contribution in [0.1, 0.15) is 66.0 Å². The molecule has 1 amide bonds. The van der Waals surface area contributed by atoms with Crippen LogP contribution in [0.3, 0.4) is 0 Å². The molecule has 0 unspecified atom stereocenters. The molecule has 1 aliphatic rings. The Hall–Kier alpha value is -4.44. The molecular weight excluding hydrogens is 598 g/mol. The molecular formula is C34H35ClF2N6O2. The van der Waals surface area contributed by atoms with E-state index in [-0.39, 0.29) is 70.8 Å². The summed E-state index contributed by atoms with van der Waals surface area (Å²) in [6.07, 6.45) is 2.89. The van der Waals surface area contributed by atoms with Crippen LogP contribution in [-0.4, -0.2) is 56.0 Å². The van der Waals surface area contributed by atoms with E-state index < -0.39 is 29.8 Å². The van der Waals surface area contributed by atoms with E-state index in [1.807, 2.05) is 45.6 Å². The molecule has 3 aromatic heterocycles. The Kier molecular flexibility index (Phi) is 8.14. The lowest BCUT2D eigenvalue weighted by Gasteiger charge is -2.40. The van der Waals surface area contributed by atoms with Gasteiger partial charge < -0.3 is 9.80 Å². The van der Waals surface area contributed by atoms with E-state index in [0.29, 0.717) is 16.8 Å². The molecule has 0 saturated carbocycles. The average Bonchev–Trinajstić information content (AvgIpc) is 3.00. The fraction of sp³-hybridized carbons (Fsp3) is 0.324. The number of rotatable bonds is 7. The first-order chi connectivity index (χ1) is 22.2. The second-order valence-electron chi connectivity index (χ2n) is 11.7. The van der Waals surface area contributed by atoms with Gasteiger partial charge in [0.2, 0.25) is 0 Å². The Labute approximate surface area is 268 Å². The van der Waals surface area contributed by atoms with Crippen LogP contribution in [0.4, 0.5) is 14.6 Å². The summed E-state index contributed by atoms with van der Waals surface area (Å²) in [5.74, 6) is -2.38. The highest BCUT2D eigenvalue weighted by Gasteiger charge is 2.32. The molecule has 1 fully saturated rings. The predicted octanol–water partition coefficient (Wildman–Crippen LogP) is 7.05. The molecule has 4 aromatic rings. The molecule has 0 aliphatic carbocycles. The van der Waals surface area contributed by atoms with E-state index in [1.165, 1.54) is 27.7 Å². The molecule has 1 aliphatic heterocycles. The van der Waals surface area contributed by atoms with Crippen LogP contribution in [0.15, 0.2) is 60.3 Å². The van der Waals surface area contributed by atoms with Gasteiger partial charge in [-0.25, -0.2) is 23.1 Å². The maximum atomic E-state index is 15.6. The number of carbonyl (C=O) groups is 1. The summed E-state index contributed by atoms with van der Waals surface area (Å²) in [7, 11) is 0. The molecule has 8 nitrogen and oxygen atoms in total. The molecule has 5 rings (SSSR count). The Bertz CT molecular complexity index is 1970. The highest BCUT2D eigenvalue weighted by Crippen LogP contribution is 2.38. The van der Waals surface area contributed by atoms with Crippen molar-refractivity contribution in [1.29, 1.82) is 0 Å². The number of pyridine rings is 2. The van der Waals surface area contributed by atoms with Crippen molar-refractivity contribution in [3.63, 3.8) is 0 Å². The van der Waals surface area contributed by atoms with Crippen LogP contribution in [0.25, 0.3) is 34.1 Å². The normalized spacial score (nSPS) is 15.8. The third-order valence-corrected chi connectivity index (χ3v) is 8.32. The number of aromatic nitrogens is 4. The van der Waals surface area contributed by atoms with E-state index >= 15 is 4.39 Å². The lowest BCUT2D eigenvalue weighted by Crippen LogP contribution is -2.54. The molecule has 1 saturated heterocycles. The number of hydrogen-bond donors (Lipinski definition) is 0. The third kappa shape index (κ3) is 5.75. The summed E-state index contributed by atoms with van der Waals surface area (Å²) >= 11 is 6.87. The molecule has 234 valence electrons. The minimum absolute atomic E-state index is 0.0149. The van der Waals surface area contributed by atoms with E-state index in [2.05, 4.69) is 16.5 Å². The predicted molar refractivity (Wildman–Crippen MR) is 175 cm³/mol. The highest BCUT2D eigenvalue weighted by molar-refractivity contribution is 6.34. The summed E-state index contributed by atoms with van der Waals surface area (Å²) in [5, 5.41) is 0.444. The number of piperazine rings is 1. The standard InChI is InChI=1S/C34H35ClF2N6O2/c1-8-22-10-9-11-26(37)27(22)29-25(35)16-24-31(42-15-14-41(17-20(42)6)33(44)21(7)36)40-34(45)43(32(24)39-29)30-23(18(2)3)12-13-38-28(30)19(4)5/h8-13,16,18-20H,1,7,14-15,17H2,2-6H3/t20-/m0/s1/i1D2. The second-order valence-corrected chi connectivity index (χ2v) is 12.1. The van der Waals surface area contributed by atoms with Crippen LogP contribution in [0, 0.1) is 5.82 Å². The zero-order chi connectivity index (χ0) is 34.3. The van der Waals surface area contributed by atoms with Crippen molar-refractivity contribution in [2.24, 2.45) is 0 Å². The first kappa shape index (κ1) is 29.3. The fourth-order valence-corrected chi connectivity index (χ4v) is 6.10. The van der Waals surface area contributed by atoms with Gasteiger partial charge in [-0.3, -0.25) is 9.78 Å². The second kappa shape index (κ2) is 12.5. The molecule has 11 heteroatoms. The molecule has 4 heterocycles. The van der Waals surface area contributed by atoms with Gasteiger partial charge in [-0.1, -0.05) is 70.6 Å². The number of anilines is 1. The molecule has 1 atom stereocenters. The van der Waals surface area contributed by atoms with E-state index in [4.69, 9.17) is 19.3 Å². The quantitative estimate of drug-likeness (QED) is 0.203. The molecule has 45 heavy (non-hydrogen) atoms. The molecule has 0 spiro atoms. The topological polar surface area (TPSA) is 84.2 Å². The minimum atomic E-state index is -1.05. The van der Waals surface area contributed by atoms with Gasteiger partial charge in [-0.2, -0.15) is 4.98 Å². The van der Waals surface area contributed by atoms with E-state index in [0.717, 1.165) is 5.56 Å². The summed E-state index contributed by atoms with van der Waals surface area (Å²) in [5.41, 5.74) is 1.69. The largest absolute Gasteiger partial charge is 0.355 e. The summed E-state index contributed by atoms with van der Waals surface area (Å²) in [6.45, 7) is 12.9. The van der Waals surface area contributed by atoms with Crippen molar-refractivity contribution >= 4 is 40.4 Å². The van der Waals surface area contributed by atoms with Crippen LogP contribution >= 0.6 is 11.6 Å². The molecule has 1 aromatic carbocycles. The molecule has 0 bridgehead atoms. The third-order valence-electron chi connectivity index (χ3n) is 8.03. The van der Waals surface area contributed by atoms with Gasteiger partial charge in [0.05, 0.1) is 30.2 Å². The average molecular weight is 635 g/mol. The zero-order valence-electron chi connectivity index (χ0n) is 27.7. The maximum absolute atomic E-state index is 15.6. The number of hydrogen-bond acceptors (Lipinski definition) is 6. The first-order valence-electron chi connectivity index (χ1n) is 15.7. The van der Waals surface area contributed by atoms with Gasteiger partial charge in [-0.05, 0) is 48.1 Å². The summed E-state index contributed by atoms with van der Waals surface area (Å²) in [4.78, 5) is 43.9. The van der Waals surface area contributed by atoms with Crippen molar-refractivity contribution in [2.45, 2.75) is 52.5 Å². The van der Waals surface area contributed by atoms with Crippen LogP contribution < -0.4 is 10.6 Å². The monoisotopic (exact) mass is 634 g/mol. The lowest BCUT2D eigenvalue weighted by molar-refractivity contribution is -0.129. The number of fused-ring (bicyclic) bond motifs is 1. The Morgan fingerprint density at radius 3 is 2.58 bits per heavy atom. The van der Waals surface area contributed by atoms with Gasteiger partial charge in [0.25, 0.3) is 5.91 Å². The van der Waals surface area contributed by atoms with E-state index in [1.54, 1.807) is 18.3 Å². The summed E-state index contributed by atoms with van der Waals surface area (Å²) in [6, 6.07) is 7.28. The van der Waals surface area contributed by atoms with Gasteiger partial charge in [-0.15, -0.1) is 0 Å². The molecule has 0 radical (unpaired) electrons. The zero-order valence-corrected chi connectivity index (χ0v) is 26.5. The van der Waals surface area contributed by atoms with Crippen molar-refractivity contribution < 1.29 is 16.3 Å². The van der Waals surface area contributed by atoms with Crippen LogP contribution in [0.5, 0.6) is 0 Å². The number of nitrogens with zero attached hydrogens (tertiary/aromatic N) is 6. The Morgan fingerprint density at radius 1 is 1.18 bits per heavy atom. The first-order valence-corrected chi connectivity index (χ1v) is 15.1. The maximum Gasteiger partial charge on any atom is 0.355 e. The fourth-order valence-electron chi connectivity index (χ4n) is 5.86. The van der Waals surface area contributed by atoms with Gasteiger partial charge in [0, 0.05) is 37.4 Å². The number of carbonyl (C=O) groups excluding carboxylic acids is 1.